The summed E-state index contributed by atoms with van der Waals surface area (Å²) in [4.78, 5) is 17.6. The van der Waals surface area contributed by atoms with Crippen LogP contribution in [0.15, 0.2) is 4.99 Å². The Morgan fingerprint density at radius 1 is 1.26 bits per heavy atom. The van der Waals surface area contributed by atoms with Crippen LogP contribution in [-0.2, 0) is 14.2 Å². The van der Waals surface area contributed by atoms with E-state index in [1.807, 2.05) is 6.92 Å². The van der Waals surface area contributed by atoms with Crippen LogP contribution in [-0.4, -0.2) is 83.2 Å². The van der Waals surface area contributed by atoms with Gasteiger partial charge in [-0.05, 0) is 19.8 Å². The summed E-state index contributed by atoms with van der Waals surface area (Å²) in [6.45, 7) is 6.13. The lowest BCUT2D eigenvalue weighted by Crippen LogP contribution is -2.50. The second kappa shape index (κ2) is 12.0. The van der Waals surface area contributed by atoms with Gasteiger partial charge in [-0.1, -0.05) is 0 Å². The lowest BCUT2D eigenvalue weighted by Gasteiger charge is -2.32. The van der Waals surface area contributed by atoms with E-state index in [2.05, 4.69) is 15.6 Å². The number of amides is 1. The molecular formula is C15H30N4O4. The number of piperidine rings is 1. The Kier molecular flexibility index (Phi) is 10.1. The topological polar surface area (TPSA) is 84.4 Å². The number of nitrogens with one attached hydrogen (secondary N) is 2. The number of hydrogen-bond acceptors (Lipinski definition) is 5. The minimum absolute atomic E-state index is 0.221. The smallest absolute Gasteiger partial charge is 0.409 e. The predicted octanol–water partition coefficient (Wildman–Crippen LogP) is 0.435. The summed E-state index contributed by atoms with van der Waals surface area (Å²) in [7, 11) is 3.40. The van der Waals surface area contributed by atoms with Gasteiger partial charge in [0.25, 0.3) is 0 Å². The van der Waals surface area contributed by atoms with Gasteiger partial charge in [-0.3, -0.25) is 4.99 Å². The molecule has 2 N–H and O–H groups in total. The predicted molar refractivity (Wildman–Crippen MR) is 88.8 cm³/mol. The normalized spacial score (nSPS) is 16.3. The van der Waals surface area contributed by atoms with Crippen molar-refractivity contribution in [3.05, 3.63) is 0 Å². The highest BCUT2D eigenvalue weighted by molar-refractivity contribution is 5.80. The van der Waals surface area contributed by atoms with Gasteiger partial charge in [0.2, 0.25) is 0 Å². The molecule has 0 radical (unpaired) electrons. The molecule has 0 aromatic rings. The molecule has 1 amide bonds. The molecule has 0 aromatic carbocycles. The van der Waals surface area contributed by atoms with Crippen LogP contribution in [0, 0.1) is 0 Å². The number of hydrogen-bond donors (Lipinski definition) is 2. The molecular weight excluding hydrogens is 300 g/mol. The van der Waals surface area contributed by atoms with Crippen LogP contribution in [0.4, 0.5) is 4.79 Å². The highest BCUT2D eigenvalue weighted by Gasteiger charge is 2.23. The van der Waals surface area contributed by atoms with Crippen LogP contribution in [0.5, 0.6) is 0 Å². The molecule has 0 unspecified atom stereocenters. The molecule has 0 aliphatic carbocycles. The highest BCUT2D eigenvalue weighted by atomic mass is 16.6. The summed E-state index contributed by atoms with van der Waals surface area (Å²) >= 11 is 0. The van der Waals surface area contributed by atoms with Gasteiger partial charge in [0.15, 0.2) is 5.96 Å². The molecule has 1 saturated heterocycles. The average Bonchev–Trinajstić information content (AvgIpc) is 2.57. The van der Waals surface area contributed by atoms with E-state index in [9.17, 15) is 4.79 Å². The Bertz CT molecular complexity index is 357. The van der Waals surface area contributed by atoms with Crippen molar-refractivity contribution in [3.8, 4) is 0 Å². The maximum absolute atomic E-state index is 11.7. The molecule has 1 rings (SSSR count). The number of carbonyl (C=O) groups excluding carboxylic acids is 1. The van der Waals surface area contributed by atoms with Crippen LogP contribution in [0.25, 0.3) is 0 Å². The van der Waals surface area contributed by atoms with E-state index in [1.165, 1.54) is 0 Å². The van der Waals surface area contributed by atoms with Gasteiger partial charge >= 0.3 is 6.09 Å². The fourth-order valence-corrected chi connectivity index (χ4v) is 2.30. The molecule has 1 heterocycles. The molecule has 8 heteroatoms. The van der Waals surface area contributed by atoms with Crippen molar-refractivity contribution >= 4 is 12.1 Å². The third-order valence-corrected chi connectivity index (χ3v) is 3.56. The number of likely N-dealkylation sites (tertiary alicyclic amines) is 1. The van der Waals surface area contributed by atoms with Crippen LogP contribution < -0.4 is 10.6 Å². The van der Waals surface area contributed by atoms with Gasteiger partial charge in [0.05, 0.1) is 26.4 Å². The quantitative estimate of drug-likeness (QED) is 0.382. The molecule has 0 aromatic heterocycles. The zero-order valence-corrected chi connectivity index (χ0v) is 14.5. The number of carbonyl (C=O) groups is 1. The first-order chi connectivity index (χ1) is 11.2. The first kappa shape index (κ1) is 19.5. The summed E-state index contributed by atoms with van der Waals surface area (Å²) in [5.74, 6) is 0.759. The largest absolute Gasteiger partial charge is 0.450 e. The zero-order chi connectivity index (χ0) is 16.9. The van der Waals surface area contributed by atoms with Crippen LogP contribution in [0.1, 0.15) is 19.8 Å². The van der Waals surface area contributed by atoms with Gasteiger partial charge in [-0.25, -0.2) is 4.79 Å². The third kappa shape index (κ3) is 8.03. The maximum Gasteiger partial charge on any atom is 0.409 e. The minimum Gasteiger partial charge on any atom is -0.450 e. The Hall–Kier alpha value is -1.54. The molecule has 0 saturated carbocycles. The van der Waals surface area contributed by atoms with Crippen molar-refractivity contribution in [3.63, 3.8) is 0 Å². The Labute approximate surface area is 138 Å². The number of aliphatic imine (C=N–C) groups is 1. The second-order valence-electron chi connectivity index (χ2n) is 5.21. The fourth-order valence-electron chi connectivity index (χ4n) is 2.30. The monoisotopic (exact) mass is 330 g/mol. The molecule has 8 nitrogen and oxygen atoms in total. The summed E-state index contributed by atoms with van der Waals surface area (Å²) < 4.78 is 15.3. The summed E-state index contributed by atoms with van der Waals surface area (Å²) in [6.07, 6.45) is 1.54. The minimum atomic E-state index is -0.221. The summed E-state index contributed by atoms with van der Waals surface area (Å²) in [5, 5.41) is 6.59. The number of nitrogens with zero attached hydrogens (tertiary/aromatic N) is 2. The van der Waals surface area contributed by atoms with Crippen molar-refractivity contribution in [2.75, 3.05) is 60.2 Å². The molecule has 1 fully saturated rings. The van der Waals surface area contributed by atoms with Crippen LogP contribution >= 0.6 is 0 Å². The number of guanidine groups is 1. The second-order valence-corrected chi connectivity index (χ2v) is 5.21. The van der Waals surface area contributed by atoms with Crippen molar-refractivity contribution in [1.82, 2.24) is 15.5 Å². The first-order valence-electron chi connectivity index (χ1n) is 8.16. The number of ether oxygens (including phenoxy) is 3. The van der Waals surface area contributed by atoms with E-state index in [0.717, 1.165) is 18.8 Å². The van der Waals surface area contributed by atoms with E-state index in [0.29, 0.717) is 52.1 Å². The van der Waals surface area contributed by atoms with E-state index in [4.69, 9.17) is 14.2 Å². The van der Waals surface area contributed by atoms with Crippen LogP contribution in [0.3, 0.4) is 0 Å². The Morgan fingerprint density at radius 2 is 2.00 bits per heavy atom. The molecule has 1 aliphatic heterocycles. The van der Waals surface area contributed by atoms with Crippen molar-refractivity contribution in [2.24, 2.45) is 4.99 Å². The van der Waals surface area contributed by atoms with Crippen molar-refractivity contribution in [2.45, 2.75) is 25.8 Å². The van der Waals surface area contributed by atoms with Gasteiger partial charge in [0.1, 0.15) is 0 Å². The average molecular weight is 330 g/mol. The van der Waals surface area contributed by atoms with Gasteiger partial charge in [-0.15, -0.1) is 0 Å². The van der Waals surface area contributed by atoms with Gasteiger partial charge in [0, 0.05) is 39.8 Å². The Balaban J connectivity index is 2.18. The number of rotatable bonds is 8. The fraction of sp³-hybridized carbons (Fsp3) is 0.867. The third-order valence-electron chi connectivity index (χ3n) is 3.56. The number of methoxy groups -OCH3 is 1. The maximum atomic E-state index is 11.7. The summed E-state index contributed by atoms with van der Waals surface area (Å²) in [6, 6.07) is 0.307. The molecule has 134 valence electrons. The van der Waals surface area contributed by atoms with E-state index >= 15 is 0 Å². The highest BCUT2D eigenvalue weighted by Crippen LogP contribution is 2.11. The molecule has 0 spiro atoms. The standard InChI is InChI=1S/C15H30N4O4/c1-4-23-15(20)19-8-5-13(6-9-19)18-14(16-2)17-7-10-22-12-11-21-3/h13H,4-12H2,1-3H3,(H2,16,17,18). The summed E-state index contributed by atoms with van der Waals surface area (Å²) in [5.41, 5.74) is 0. The van der Waals surface area contributed by atoms with E-state index in [1.54, 1.807) is 19.1 Å². The SMILES string of the molecule is CCOC(=O)N1CCC(NC(=NC)NCCOCCOC)CC1. The molecule has 0 atom stereocenters. The Morgan fingerprint density at radius 3 is 2.61 bits per heavy atom. The van der Waals surface area contributed by atoms with Gasteiger partial charge in [-0.2, -0.15) is 0 Å². The lowest BCUT2D eigenvalue weighted by atomic mass is 10.1. The van der Waals surface area contributed by atoms with E-state index < -0.39 is 0 Å². The van der Waals surface area contributed by atoms with Crippen LogP contribution in [0.2, 0.25) is 0 Å². The van der Waals surface area contributed by atoms with Crippen molar-refractivity contribution in [1.29, 1.82) is 0 Å². The molecule has 0 bridgehead atoms. The van der Waals surface area contributed by atoms with Crippen molar-refractivity contribution < 1.29 is 19.0 Å². The lowest BCUT2D eigenvalue weighted by molar-refractivity contribution is 0.0732. The van der Waals surface area contributed by atoms with Gasteiger partial charge < -0.3 is 29.7 Å². The molecule has 23 heavy (non-hydrogen) atoms. The zero-order valence-electron chi connectivity index (χ0n) is 14.5. The first-order valence-corrected chi connectivity index (χ1v) is 8.16. The van der Waals surface area contributed by atoms with E-state index in [-0.39, 0.29) is 6.09 Å². The molecule has 1 aliphatic rings.